The van der Waals surface area contributed by atoms with Gasteiger partial charge in [-0.05, 0) is 62.1 Å². The van der Waals surface area contributed by atoms with Crippen molar-refractivity contribution in [2.45, 2.75) is 38.1 Å². The summed E-state index contributed by atoms with van der Waals surface area (Å²) in [6.07, 6.45) is 2.45. The molecule has 9 heteroatoms. The second kappa shape index (κ2) is 10.5. The van der Waals surface area contributed by atoms with Gasteiger partial charge >= 0.3 is 0 Å². The second-order valence-electron chi connectivity index (χ2n) is 9.57. The number of aryl methyl sites for hydroxylation is 1. The van der Waals surface area contributed by atoms with E-state index in [9.17, 15) is 14.0 Å². The topological polar surface area (TPSA) is 101 Å². The van der Waals surface area contributed by atoms with Crippen LogP contribution < -0.4 is 5.32 Å². The van der Waals surface area contributed by atoms with Crippen LogP contribution >= 0.6 is 0 Å². The Kier molecular flexibility index (Phi) is 7.00. The first-order valence-electron chi connectivity index (χ1n) is 12.5. The average Bonchev–Trinajstić information content (AvgIpc) is 3.39. The monoisotopic (exact) mass is 513 g/mol. The van der Waals surface area contributed by atoms with Gasteiger partial charge in [-0.3, -0.25) is 14.6 Å². The van der Waals surface area contributed by atoms with E-state index in [1.54, 1.807) is 36.1 Å². The zero-order valence-electron chi connectivity index (χ0n) is 21.2. The van der Waals surface area contributed by atoms with E-state index in [-0.39, 0.29) is 23.7 Å². The highest BCUT2D eigenvalue weighted by atomic mass is 19.1. The number of halogens is 1. The number of likely N-dealkylation sites (tertiary alicyclic amines) is 1. The Hall–Kier alpha value is -4.40. The summed E-state index contributed by atoms with van der Waals surface area (Å²) in [6.45, 7) is 4.43. The van der Waals surface area contributed by atoms with Crippen LogP contribution in [0.4, 0.5) is 4.39 Å². The summed E-state index contributed by atoms with van der Waals surface area (Å²) in [7, 11) is 0. The summed E-state index contributed by atoms with van der Waals surface area (Å²) in [5.74, 6) is 0.238. The molecule has 1 fully saturated rings. The number of pyridine rings is 1. The van der Waals surface area contributed by atoms with Gasteiger partial charge in [0, 0.05) is 19.3 Å². The fourth-order valence-electron chi connectivity index (χ4n) is 4.90. The van der Waals surface area contributed by atoms with Crippen molar-refractivity contribution in [1.82, 2.24) is 25.3 Å². The molecule has 38 heavy (non-hydrogen) atoms. The summed E-state index contributed by atoms with van der Waals surface area (Å²) in [5.41, 5.74) is 1.89. The van der Waals surface area contributed by atoms with Gasteiger partial charge in [-0.25, -0.2) is 4.39 Å². The second-order valence-corrected chi connectivity index (χ2v) is 9.57. The first-order valence-corrected chi connectivity index (χ1v) is 12.5. The molecule has 1 atom stereocenters. The Bertz CT molecular complexity index is 1410. The van der Waals surface area contributed by atoms with E-state index in [1.165, 1.54) is 18.3 Å². The zero-order valence-corrected chi connectivity index (χ0v) is 21.2. The molecule has 8 nitrogen and oxygen atoms in total. The number of benzene rings is 2. The molecule has 2 amide bonds. The molecule has 0 spiro atoms. The van der Waals surface area contributed by atoms with Gasteiger partial charge in [0.25, 0.3) is 11.8 Å². The summed E-state index contributed by atoms with van der Waals surface area (Å²) in [4.78, 5) is 37.3. The van der Waals surface area contributed by atoms with E-state index in [1.807, 2.05) is 37.3 Å². The van der Waals surface area contributed by atoms with E-state index in [0.29, 0.717) is 48.9 Å². The summed E-state index contributed by atoms with van der Waals surface area (Å²) < 4.78 is 18.5. The third-order valence-corrected chi connectivity index (χ3v) is 7.14. The third kappa shape index (κ3) is 5.04. The fourth-order valence-corrected chi connectivity index (χ4v) is 4.90. The summed E-state index contributed by atoms with van der Waals surface area (Å²) in [6, 6.07) is 18.9. The van der Waals surface area contributed by atoms with Gasteiger partial charge in [-0.2, -0.15) is 4.98 Å². The quantitative estimate of drug-likeness (QED) is 0.403. The van der Waals surface area contributed by atoms with Crippen molar-refractivity contribution >= 4 is 11.8 Å². The molecular weight excluding hydrogens is 485 g/mol. The lowest BCUT2D eigenvalue weighted by atomic mass is 9.71. The molecule has 0 bridgehead atoms. The van der Waals surface area contributed by atoms with Crippen LogP contribution in [0.15, 0.2) is 77.4 Å². The molecule has 1 aliphatic heterocycles. The van der Waals surface area contributed by atoms with E-state index < -0.39 is 5.41 Å². The van der Waals surface area contributed by atoms with Crippen molar-refractivity contribution in [1.29, 1.82) is 0 Å². The Morgan fingerprint density at radius 3 is 2.34 bits per heavy atom. The van der Waals surface area contributed by atoms with Crippen LogP contribution in [0.25, 0.3) is 11.6 Å². The Morgan fingerprint density at radius 2 is 1.74 bits per heavy atom. The number of carbonyl (C=O) groups is 2. The normalized spacial score (nSPS) is 15.6. The number of amides is 2. The van der Waals surface area contributed by atoms with Crippen molar-refractivity contribution in [3.8, 4) is 11.6 Å². The molecule has 3 heterocycles. The van der Waals surface area contributed by atoms with E-state index >= 15 is 0 Å². The Labute approximate surface area is 219 Å². The van der Waals surface area contributed by atoms with Gasteiger partial charge in [0.2, 0.25) is 5.91 Å². The van der Waals surface area contributed by atoms with Crippen molar-refractivity contribution in [2.75, 3.05) is 13.1 Å². The largest absolute Gasteiger partial charge is 0.349 e. The van der Waals surface area contributed by atoms with Gasteiger partial charge < -0.3 is 14.7 Å². The minimum Gasteiger partial charge on any atom is -0.349 e. The van der Waals surface area contributed by atoms with Gasteiger partial charge in [-0.15, -0.1) is 0 Å². The molecule has 0 unspecified atom stereocenters. The molecule has 1 N–H and O–H groups in total. The standard InChI is InChI=1S/C29H28FN5O3/c1-19(21-8-11-24(30)12-9-21)32-28(37)29(23-6-4-3-5-7-23)14-16-35(17-15-29)27(36)22-10-13-25(31-18-22)26-33-20(2)34-38-26/h3-13,18-19H,14-17H2,1-2H3,(H,32,37)/t19-/m0/s1. The SMILES string of the molecule is Cc1noc(-c2ccc(C(=O)N3CCC(C(=O)N[C@@H](C)c4ccc(F)cc4)(c4ccccc4)CC3)cn2)n1. The van der Waals surface area contributed by atoms with Gasteiger partial charge in [-0.1, -0.05) is 47.6 Å². The molecule has 0 aliphatic carbocycles. The first-order chi connectivity index (χ1) is 18.4. The maximum atomic E-state index is 13.8. The molecule has 4 aromatic rings. The van der Waals surface area contributed by atoms with Crippen LogP contribution in [0.5, 0.6) is 0 Å². The third-order valence-electron chi connectivity index (χ3n) is 7.14. The fraction of sp³-hybridized carbons (Fsp3) is 0.276. The van der Waals surface area contributed by atoms with E-state index in [0.717, 1.165) is 11.1 Å². The Morgan fingerprint density at radius 1 is 1.03 bits per heavy atom. The zero-order chi connectivity index (χ0) is 26.7. The van der Waals surface area contributed by atoms with Crippen molar-refractivity contribution in [3.05, 3.63) is 101 Å². The number of carbonyl (C=O) groups excluding carboxylic acids is 2. The summed E-state index contributed by atoms with van der Waals surface area (Å²) in [5, 5.41) is 6.90. The maximum Gasteiger partial charge on any atom is 0.276 e. The molecule has 2 aromatic heterocycles. The highest BCUT2D eigenvalue weighted by Crippen LogP contribution is 2.37. The number of nitrogens with zero attached hydrogens (tertiary/aromatic N) is 4. The maximum absolute atomic E-state index is 13.8. The minimum atomic E-state index is -0.787. The summed E-state index contributed by atoms with van der Waals surface area (Å²) >= 11 is 0. The molecule has 0 radical (unpaired) electrons. The molecular formula is C29H28FN5O3. The van der Waals surface area contributed by atoms with Gasteiger partial charge in [0.15, 0.2) is 5.82 Å². The molecule has 5 rings (SSSR count). The minimum absolute atomic E-state index is 0.103. The average molecular weight is 514 g/mol. The molecule has 194 valence electrons. The van der Waals surface area contributed by atoms with Crippen LogP contribution in [-0.4, -0.2) is 44.9 Å². The van der Waals surface area contributed by atoms with E-state index in [2.05, 4.69) is 20.4 Å². The number of nitrogens with one attached hydrogen (secondary N) is 1. The molecule has 0 saturated carbocycles. The lowest BCUT2D eigenvalue weighted by Crippen LogP contribution is -2.53. The lowest BCUT2D eigenvalue weighted by Gasteiger charge is -2.41. The molecule has 1 saturated heterocycles. The number of hydrogen-bond acceptors (Lipinski definition) is 6. The highest BCUT2D eigenvalue weighted by Gasteiger charge is 2.44. The number of rotatable bonds is 6. The predicted octanol–water partition coefficient (Wildman–Crippen LogP) is 4.63. The van der Waals surface area contributed by atoms with Crippen LogP contribution in [0.3, 0.4) is 0 Å². The molecule has 1 aliphatic rings. The van der Waals surface area contributed by atoms with Gasteiger partial charge in [0.1, 0.15) is 11.5 Å². The van der Waals surface area contributed by atoms with Crippen LogP contribution in [-0.2, 0) is 10.2 Å². The van der Waals surface area contributed by atoms with Crippen molar-refractivity contribution < 1.29 is 18.5 Å². The number of hydrogen-bond donors (Lipinski definition) is 1. The van der Waals surface area contributed by atoms with Crippen LogP contribution in [0.2, 0.25) is 0 Å². The van der Waals surface area contributed by atoms with Crippen LogP contribution in [0, 0.1) is 12.7 Å². The van der Waals surface area contributed by atoms with Gasteiger partial charge in [0.05, 0.1) is 17.0 Å². The van der Waals surface area contributed by atoms with Crippen LogP contribution in [0.1, 0.15) is 53.1 Å². The molecule has 2 aromatic carbocycles. The smallest absolute Gasteiger partial charge is 0.276 e. The first kappa shape index (κ1) is 25.3. The predicted molar refractivity (Wildman–Crippen MR) is 138 cm³/mol. The van der Waals surface area contributed by atoms with E-state index in [4.69, 9.17) is 4.52 Å². The number of piperidine rings is 1. The highest BCUT2D eigenvalue weighted by molar-refractivity contribution is 5.95. The lowest BCUT2D eigenvalue weighted by molar-refractivity contribution is -0.129. The van der Waals surface area contributed by atoms with Crippen molar-refractivity contribution in [3.63, 3.8) is 0 Å². The van der Waals surface area contributed by atoms with Crippen molar-refractivity contribution in [2.24, 2.45) is 0 Å². The number of aromatic nitrogens is 3. The Balaban J connectivity index is 1.31.